The molecule has 2 heterocycles. The summed E-state index contributed by atoms with van der Waals surface area (Å²) in [4.78, 5) is 5.06. The van der Waals surface area contributed by atoms with Crippen LogP contribution in [0.1, 0.15) is 40.5 Å². The number of piperazine rings is 1. The normalized spacial score (nSPS) is 31.7. The summed E-state index contributed by atoms with van der Waals surface area (Å²) in [6, 6.07) is 0.716. The fraction of sp³-hybridized carbons (Fsp3) is 1.00. The Bertz CT molecular complexity index is 277. The van der Waals surface area contributed by atoms with Crippen LogP contribution in [-0.2, 0) is 0 Å². The molecule has 0 bridgehead atoms. The Balaban J connectivity index is 2.06. The largest absolute Gasteiger partial charge is 0.338 e. The maximum atomic E-state index is 8.31. The van der Waals surface area contributed by atoms with E-state index in [0.29, 0.717) is 6.04 Å². The highest BCUT2D eigenvalue weighted by molar-refractivity contribution is 4.99. The van der Waals surface area contributed by atoms with E-state index in [0.717, 1.165) is 13.1 Å². The summed E-state index contributed by atoms with van der Waals surface area (Å²) in [7, 11) is 2.21. The molecule has 0 aliphatic carbocycles. The average molecular weight is 256 g/mol. The zero-order chi connectivity index (χ0) is 13.6. The van der Waals surface area contributed by atoms with Gasteiger partial charge < -0.3 is 10.1 Å². The first-order valence-corrected chi connectivity index (χ1v) is 7.16. The Morgan fingerprint density at radius 2 is 1.39 bits per heavy atom. The second kappa shape index (κ2) is 4.75. The van der Waals surface area contributed by atoms with Gasteiger partial charge in [-0.2, -0.15) is 0 Å². The minimum Gasteiger partial charge on any atom is -0.338 e. The quantitative estimate of drug-likeness (QED) is 0.653. The number of rotatable bonds is 1. The van der Waals surface area contributed by atoms with Crippen LogP contribution in [0.25, 0.3) is 0 Å². The molecular weight excluding hydrogens is 226 g/mol. The van der Waals surface area contributed by atoms with E-state index in [1.807, 2.05) is 5.06 Å². The highest BCUT2D eigenvalue weighted by Crippen LogP contribution is 2.32. The van der Waals surface area contributed by atoms with Gasteiger partial charge in [0, 0.05) is 19.1 Å². The van der Waals surface area contributed by atoms with Crippen LogP contribution < -0.4 is 0 Å². The number of piperidine rings is 1. The topological polar surface area (TPSA) is 32.6 Å². The van der Waals surface area contributed by atoms with Crippen molar-refractivity contribution in [3.05, 3.63) is 0 Å². The molecule has 106 valence electrons. The highest BCUT2D eigenvalue weighted by atomic mass is 16.5. The van der Waals surface area contributed by atoms with Crippen LogP contribution in [-0.4, -0.2) is 70.4 Å². The number of likely N-dealkylation sites (tertiary alicyclic amines) is 1. The van der Waals surface area contributed by atoms with E-state index in [2.05, 4.69) is 44.5 Å². The first-order chi connectivity index (χ1) is 8.22. The Hall–Kier alpha value is -0.160. The molecule has 18 heavy (non-hydrogen) atoms. The molecule has 0 aromatic heterocycles. The Morgan fingerprint density at radius 3 is 1.83 bits per heavy atom. The predicted octanol–water partition coefficient (Wildman–Crippen LogP) is 0.895. The van der Waals surface area contributed by atoms with E-state index in [1.54, 1.807) is 0 Å². The van der Waals surface area contributed by atoms with Gasteiger partial charge in [-0.25, -0.2) is 0 Å². The van der Waals surface area contributed by atoms with Gasteiger partial charge in [-0.1, -0.05) is 5.06 Å². The zero-order valence-electron chi connectivity index (χ0n) is 12.7. The Labute approximate surface area is 111 Å². The molecular formula is C14H30N3O+. The van der Waals surface area contributed by atoms with Crippen molar-refractivity contribution in [3.8, 4) is 0 Å². The lowest BCUT2D eigenvalue weighted by molar-refractivity contribution is -0.258. The van der Waals surface area contributed by atoms with Crippen molar-refractivity contribution in [2.45, 2.75) is 57.7 Å². The van der Waals surface area contributed by atoms with Gasteiger partial charge in [0.2, 0.25) is 0 Å². The van der Waals surface area contributed by atoms with Crippen LogP contribution in [0, 0.1) is 0 Å². The third-order valence-corrected chi connectivity index (χ3v) is 4.60. The first-order valence-electron chi connectivity index (χ1n) is 7.16. The molecule has 2 fully saturated rings. The highest BCUT2D eigenvalue weighted by Gasteiger charge is 2.49. The van der Waals surface area contributed by atoms with E-state index >= 15 is 0 Å². The van der Waals surface area contributed by atoms with E-state index in [-0.39, 0.29) is 11.1 Å². The van der Waals surface area contributed by atoms with Crippen LogP contribution in [0.5, 0.6) is 0 Å². The smallest absolute Gasteiger partial charge is 0.0961 e. The van der Waals surface area contributed by atoms with Crippen LogP contribution in [0.3, 0.4) is 0 Å². The summed E-state index contributed by atoms with van der Waals surface area (Å²) in [5.41, 5.74) is -0.101. The molecule has 0 atom stereocenters. The molecule has 0 radical (unpaired) electrons. The molecule has 0 saturated carbocycles. The molecule has 0 amide bonds. The van der Waals surface area contributed by atoms with Crippen molar-refractivity contribution in [1.29, 1.82) is 0 Å². The predicted molar refractivity (Wildman–Crippen MR) is 75.7 cm³/mol. The summed E-state index contributed by atoms with van der Waals surface area (Å²) in [6.07, 6.45) is 2.56. The van der Waals surface area contributed by atoms with Crippen molar-refractivity contribution < 1.29 is 5.21 Å². The van der Waals surface area contributed by atoms with Gasteiger partial charge in [0.25, 0.3) is 0 Å². The molecule has 2 rings (SSSR count). The Morgan fingerprint density at radius 1 is 0.944 bits per heavy atom. The van der Waals surface area contributed by atoms with E-state index in [9.17, 15) is 0 Å². The van der Waals surface area contributed by atoms with Crippen molar-refractivity contribution in [1.82, 2.24) is 14.9 Å². The molecule has 2 aliphatic rings. The molecule has 0 unspecified atom stereocenters. The van der Waals surface area contributed by atoms with Crippen LogP contribution in [0.4, 0.5) is 0 Å². The van der Waals surface area contributed by atoms with Gasteiger partial charge in [-0.15, -0.1) is 0 Å². The van der Waals surface area contributed by atoms with Gasteiger partial charge in [-0.05, 0) is 60.7 Å². The van der Waals surface area contributed by atoms with Crippen molar-refractivity contribution >= 4 is 0 Å². The fourth-order valence-corrected chi connectivity index (χ4v) is 3.63. The number of hydroxylamine groups is 2. The zero-order valence-corrected chi connectivity index (χ0v) is 12.7. The fourth-order valence-electron chi connectivity index (χ4n) is 3.63. The lowest BCUT2D eigenvalue weighted by Gasteiger charge is -2.52. The van der Waals surface area contributed by atoms with Gasteiger partial charge in [0.15, 0.2) is 0 Å². The number of hydrogen-bond donors (Lipinski definition) is 0. The van der Waals surface area contributed by atoms with Gasteiger partial charge in [0.1, 0.15) is 0 Å². The maximum absolute atomic E-state index is 8.31. The second-order valence-corrected chi connectivity index (χ2v) is 7.40. The van der Waals surface area contributed by atoms with Crippen molar-refractivity contribution in [2.24, 2.45) is 0 Å². The summed E-state index contributed by atoms with van der Waals surface area (Å²) in [5, 5.41) is 10.1. The lowest BCUT2D eigenvalue weighted by atomic mass is 9.88. The van der Waals surface area contributed by atoms with E-state index in [4.69, 9.17) is 5.21 Å². The third kappa shape index (κ3) is 2.72. The summed E-state index contributed by atoms with van der Waals surface area (Å²) in [5.74, 6) is 0. The van der Waals surface area contributed by atoms with E-state index in [1.165, 1.54) is 25.9 Å². The van der Waals surface area contributed by atoms with Gasteiger partial charge >= 0.3 is 0 Å². The standard InChI is InChI=1S/C14H29N3O/c1-13(2)10-16(11-14(3,4)17(13)18)12-6-8-15(5)9-7-12/h12,18H,6-11H2,1-5H3/p+1. The molecule has 0 aromatic rings. The molecule has 0 aromatic carbocycles. The summed E-state index contributed by atoms with van der Waals surface area (Å²) >= 11 is 0. The Kier molecular flexibility index (Phi) is 3.76. The first kappa shape index (κ1) is 14.3. The minimum atomic E-state index is -0.0505. The van der Waals surface area contributed by atoms with Crippen molar-refractivity contribution in [2.75, 3.05) is 33.2 Å². The second-order valence-electron chi connectivity index (χ2n) is 7.40. The number of nitrogens with zero attached hydrogens (tertiary/aromatic N) is 3. The molecule has 4 heteroatoms. The molecule has 2 N–H and O–H groups in total. The summed E-state index contributed by atoms with van der Waals surface area (Å²) < 4.78 is 0. The minimum absolute atomic E-state index is 0.0505. The molecule has 4 nitrogen and oxygen atoms in total. The van der Waals surface area contributed by atoms with Crippen LogP contribution >= 0.6 is 0 Å². The maximum Gasteiger partial charge on any atom is 0.0961 e. The monoisotopic (exact) mass is 256 g/mol. The molecule has 2 saturated heterocycles. The molecule has 0 spiro atoms. The van der Waals surface area contributed by atoms with Crippen LogP contribution in [0.2, 0.25) is 0 Å². The SMILES string of the molecule is CN1CCC(N2CC(C)(C)N([OH2+])C(C)(C)C2)CC1. The van der Waals surface area contributed by atoms with Crippen LogP contribution in [0.15, 0.2) is 0 Å². The molecule has 2 aliphatic heterocycles. The number of hydrogen-bond acceptors (Lipinski definition) is 3. The van der Waals surface area contributed by atoms with Gasteiger partial charge in [0.05, 0.1) is 11.1 Å². The van der Waals surface area contributed by atoms with Gasteiger partial charge in [-0.3, -0.25) is 4.90 Å². The van der Waals surface area contributed by atoms with E-state index < -0.39 is 0 Å². The van der Waals surface area contributed by atoms with Crippen molar-refractivity contribution in [3.63, 3.8) is 0 Å². The average Bonchev–Trinajstić information content (AvgIpc) is 2.26. The third-order valence-electron chi connectivity index (χ3n) is 4.60. The lowest BCUT2D eigenvalue weighted by Crippen LogP contribution is -2.69. The summed E-state index contributed by atoms with van der Waals surface area (Å²) in [6.45, 7) is 13.3.